The van der Waals surface area contributed by atoms with Gasteiger partial charge in [0.1, 0.15) is 12.2 Å². The molecule has 1 aliphatic carbocycles. The number of ether oxygens (including phenoxy) is 1. The molecule has 2 aromatic rings. The van der Waals surface area contributed by atoms with Crippen molar-refractivity contribution >= 4 is 54.3 Å². The van der Waals surface area contributed by atoms with E-state index in [0.717, 1.165) is 24.8 Å². The van der Waals surface area contributed by atoms with Crippen molar-refractivity contribution in [3.05, 3.63) is 28.8 Å². The van der Waals surface area contributed by atoms with Crippen molar-refractivity contribution in [2.75, 3.05) is 12.3 Å². The van der Waals surface area contributed by atoms with Gasteiger partial charge in [-0.05, 0) is 69.0 Å². The molecule has 3 fully saturated rings. The third kappa shape index (κ3) is 5.87. The van der Waals surface area contributed by atoms with Crippen LogP contribution in [0.2, 0.25) is 18.1 Å². The van der Waals surface area contributed by atoms with E-state index in [4.69, 9.17) is 35.8 Å². The monoisotopic (exact) mass is 645 g/mol. The van der Waals surface area contributed by atoms with Crippen molar-refractivity contribution in [3.63, 3.8) is 0 Å². The molecule has 0 bridgehead atoms. The second-order valence-electron chi connectivity index (χ2n) is 13.2. The number of nitrogen functional groups attached to an aromatic ring is 1. The fourth-order valence-corrected chi connectivity index (χ4v) is 13.9. The molecule has 228 valence electrons. The molecule has 2 aromatic heterocycles. The first kappa shape index (κ1) is 31.3. The number of nitrogens with two attached hydrogens (primary N) is 1. The highest BCUT2D eigenvalue weighted by Crippen LogP contribution is 2.76. The SMILES string of the molecule is C=C(C)[C@@H]1CC[C@]2(C)SP(=S)(O[C@H]3[C@@H](F)[C@H](n4cnc5c(=O)[nH]c(N)nc54)O[C@@H]3CO[Si](C)(C)C(C)(C)C)O[C@H]2C1. The summed E-state index contributed by atoms with van der Waals surface area (Å²) in [5, 5.41) is -0.0553. The van der Waals surface area contributed by atoms with Gasteiger partial charge in [-0.3, -0.25) is 14.3 Å². The third-order valence-electron chi connectivity index (χ3n) is 9.10. The molecule has 1 saturated carbocycles. The molecule has 2 aliphatic heterocycles. The van der Waals surface area contributed by atoms with Crippen LogP contribution in [0.3, 0.4) is 0 Å². The minimum Gasteiger partial charge on any atom is -0.414 e. The predicted octanol–water partition coefficient (Wildman–Crippen LogP) is 5.84. The molecular formula is C26H41FN5O5PS2Si. The van der Waals surface area contributed by atoms with Gasteiger partial charge in [-0.15, -0.1) is 0 Å². The predicted molar refractivity (Wildman–Crippen MR) is 167 cm³/mol. The minimum atomic E-state index is -2.94. The van der Waals surface area contributed by atoms with Crippen molar-refractivity contribution in [2.24, 2.45) is 5.92 Å². The van der Waals surface area contributed by atoms with Gasteiger partial charge in [0.05, 0.1) is 19.0 Å². The maximum absolute atomic E-state index is 16.5. The summed E-state index contributed by atoms with van der Waals surface area (Å²) in [4.78, 5) is 23.1. The molecule has 0 spiro atoms. The van der Waals surface area contributed by atoms with E-state index in [-0.39, 0.29) is 39.6 Å². The minimum absolute atomic E-state index is 0.0411. The summed E-state index contributed by atoms with van der Waals surface area (Å²) in [6.07, 6.45) is -0.663. The number of aromatic amines is 1. The molecule has 2 saturated heterocycles. The summed E-state index contributed by atoms with van der Waals surface area (Å²) >= 11 is 7.57. The van der Waals surface area contributed by atoms with Gasteiger partial charge in [-0.25, -0.2) is 9.37 Å². The number of alkyl halides is 1. The summed E-state index contributed by atoms with van der Waals surface area (Å²) in [7, 11) is -2.20. The number of aromatic nitrogens is 4. The Morgan fingerprint density at radius 1 is 1.46 bits per heavy atom. The molecule has 0 amide bonds. The lowest BCUT2D eigenvalue weighted by molar-refractivity contribution is -0.0413. The van der Waals surface area contributed by atoms with Gasteiger partial charge in [0, 0.05) is 4.75 Å². The Bertz CT molecular complexity index is 1450. The molecule has 10 nitrogen and oxygen atoms in total. The lowest BCUT2D eigenvalue weighted by Crippen LogP contribution is -2.44. The van der Waals surface area contributed by atoms with Crippen LogP contribution in [0.4, 0.5) is 10.3 Å². The van der Waals surface area contributed by atoms with E-state index in [0.29, 0.717) is 5.92 Å². The zero-order valence-electron chi connectivity index (χ0n) is 24.7. The van der Waals surface area contributed by atoms with Crippen molar-refractivity contribution < 1.29 is 22.6 Å². The van der Waals surface area contributed by atoms with Crippen molar-refractivity contribution in [3.8, 4) is 0 Å². The van der Waals surface area contributed by atoms with Crippen LogP contribution in [-0.2, 0) is 30.0 Å². The zero-order valence-corrected chi connectivity index (χ0v) is 28.2. The number of allylic oxidation sites excluding steroid dienone is 1. The van der Waals surface area contributed by atoms with Gasteiger partial charge in [-0.1, -0.05) is 44.3 Å². The largest absolute Gasteiger partial charge is 0.414 e. The number of halogens is 1. The molecule has 1 unspecified atom stereocenters. The molecule has 4 heterocycles. The quantitative estimate of drug-likeness (QED) is 0.216. The maximum atomic E-state index is 16.5. The first-order valence-electron chi connectivity index (χ1n) is 13.9. The van der Waals surface area contributed by atoms with E-state index in [9.17, 15) is 4.79 Å². The Morgan fingerprint density at radius 2 is 2.17 bits per heavy atom. The second kappa shape index (κ2) is 10.8. The molecule has 5 rings (SSSR count). The Kier molecular flexibility index (Phi) is 8.24. The smallest absolute Gasteiger partial charge is 0.280 e. The number of hydrogen-bond acceptors (Lipinski definition) is 10. The first-order valence-corrected chi connectivity index (χ1v) is 20.9. The number of anilines is 1. The molecule has 15 heteroatoms. The lowest BCUT2D eigenvalue weighted by Gasteiger charge is -2.37. The van der Waals surface area contributed by atoms with E-state index < -0.39 is 44.2 Å². The van der Waals surface area contributed by atoms with Crippen LogP contribution >= 0.6 is 17.1 Å². The molecule has 8 atom stereocenters. The van der Waals surface area contributed by atoms with Crippen LogP contribution in [0.25, 0.3) is 11.2 Å². The van der Waals surface area contributed by atoms with Crippen LogP contribution in [0, 0.1) is 5.92 Å². The van der Waals surface area contributed by atoms with Crippen molar-refractivity contribution in [2.45, 2.75) is 107 Å². The number of H-pyrrole nitrogens is 1. The molecule has 0 aromatic carbocycles. The highest BCUT2D eigenvalue weighted by Gasteiger charge is 2.57. The second-order valence-corrected chi connectivity index (χ2v) is 24.6. The van der Waals surface area contributed by atoms with E-state index in [1.165, 1.54) is 10.9 Å². The summed E-state index contributed by atoms with van der Waals surface area (Å²) in [6.45, 7) is 19.2. The molecular weight excluding hydrogens is 605 g/mol. The fourth-order valence-electron chi connectivity index (χ4n) is 5.40. The highest BCUT2D eigenvalue weighted by atomic mass is 32.9. The van der Waals surface area contributed by atoms with Gasteiger partial charge in [0.2, 0.25) is 11.6 Å². The normalized spacial score (nSPS) is 36.1. The van der Waals surface area contributed by atoms with Crippen LogP contribution < -0.4 is 11.3 Å². The molecule has 3 N–H and O–H groups in total. The van der Waals surface area contributed by atoms with Crippen LogP contribution in [0.5, 0.6) is 0 Å². The van der Waals surface area contributed by atoms with Gasteiger partial charge in [0.15, 0.2) is 31.9 Å². The Labute approximate surface area is 250 Å². The summed E-state index contributed by atoms with van der Waals surface area (Å²) in [5.74, 6) is 0.269. The van der Waals surface area contributed by atoms with Gasteiger partial charge >= 0.3 is 0 Å². The lowest BCUT2D eigenvalue weighted by atomic mass is 9.77. The maximum Gasteiger partial charge on any atom is 0.280 e. The van der Waals surface area contributed by atoms with Crippen LogP contribution in [0.15, 0.2) is 23.3 Å². The number of nitrogens with zero attached hydrogens (tertiary/aromatic N) is 3. The molecule has 41 heavy (non-hydrogen) atoms. The summed E-state index contributed by atoms with van der Waals surface area (Å²) in [5.41, 5.74) is 3.63. The Morgan fingerprint density at radius 3 is 2.83 bits per heavy atom. The van der Waals surface area contributed by atoms with E-state index >= 15 is 4.39 Å². The molecule has 0 radical (unpaired) electrons. The first-order chi connectivity index (χ1) is 18.9. The fraction of sp³-hybridized carbons (Fsp3) is 0.731. The Hall–Kier alpha value is -1.12. The zero-order chi connectivity index (χ0) is 30.1. The third-order valence-corrected chi connectivity index (χ3v) is 19.3. The molecule has 3 aliphatic rings. The average Bonchev–Trinajstić information content (AvgIpc) is 3.47. The highest BCUT2D eigenvalue weighted by molar-refractivity contribution is 8.68. The van der Waals surface area contributed by atoms with Gasteiger partial charge in [0.25, 0.3) is 5.56 Å². The van der Waals surface area contributed by atoms with E-state index in [1.807, 2.05) is 0 Å². The Balaban J connectivity index is 1.44. The van der Waals surface area contributed by atoms with Crippen molar-refractivity contribution in [1.82, 2.24) is 19.5 Å². The number of imidazole rings is 1. The van der Waals surface area contributed by atoms with Gasteiger partial charge in [-0.2, -0.15) is 4.98 Å². The number of hydrogen-bond donors (Lipinski definition) is 2. The summed E-state index contributed by atoms with van der Waals surface area (Å²) < 4.78 is 43.5. The number of rotatable bonds is 7. The van der Waals surface area contributed by atoms with Crippen LogP contribution in [0.1, 0.15) is 60.1 Å². The standard InChI is InChI=1S/C26H41FN5O5PS2Si/c1-14(2)15-9-10-26(6)17(11-15)36-38(39,40-26)37-20-16(12-34-41(7,8)25(3,4)5)35-23(18(20)27)32-13-29-19-21(32)30-24(28)31-22(19)33/h13,15-18,20,23H,1,9-12H2,2-8H3,(H3,28,30,31,33)/t15-,16-,17+,18-,20-,23-,26+,38?/m1/s1. The topological polar surface area (TPSA) is 127 Å². The average molecular weight is 646 g/mol. The van der Waals surface area contributed by atoms with Crippen molar-refractivity contribution in [1.29, 1.82) is 0 Å². The van der Waals surface area contributed by atoms with Crippen LogP contribution in [-0.4, -0.2) is 63.7 Å². The summed E-state index contributed by atoms with van der Waals surface area (Å²) in [6, 6.07) is 0. The number of fused-ring (bicyclic) bond motifs is 2. The van der Waals surface area contributed by atoms with E-state index in [2.05, 4.69) is 69.2 Å². The number of nitrogens with one attached hydrogen (secondary N) is 1. The van der Waals surface area contributed by atoms with Gasteiger partial charge < -0.3 is 23.9 Å². The van der Waals surface area contributed by atoms with E-state index in [1.54, 1.807) is 11.4 Å².